The van der Waals surface area contributed by atoms with Gasteiger partial charge in [0.05, 0.1) is 30.2 Å². The monoisotopic (exact) mass is 376 g/mol. The van der Waals surface area contributed by atoms with Crippen LogP contribution in [-0.4, -0.2) is 55.2 Å². The standard InChI is InChI=1S/C18H21FN4O4/c1-10(24)20-6-14-9-23(18(25)27-14)13-2-3-16(15(19)5-13)22-7-11-4-12(8-22)17(11)21-26/h2-3,5,11-12,14,26H,4,6-9H2,1H3,(H,20,24). The van der Waals surface area contributed by atoms with Gasteiger partial charge in [0.2, 0.25) is 5.91 Å². The van der Waals surface area contributed by atoms with E-state index in [1.165, 1.54) is 17.9 Å². The van der Waals surface area contributed by atoms with Crippen molar-refractivity contribution in [2.75, 3.05) is 36.0 Å². The summed E-state index contributed by atoms with van der Waals surface area (Å²) in [6, 6.07) is 4.69. The Morgan fingerprint density at radius 1 is 1.37 bits per heavy atom. The Hall–Kier alpha value is -2.84. The minimum absolute atomic E-state index is 0.177. The van der Waals surface area contributed by atoms with Gasteiger partial charge in [-0.1, -0.05) is 5.16 Å². The molecular weight excluding hydrogens is 355 g/mol. The summed E-state index contributed by atoms with van der Waals surface area (Å²) in [4.78, 5) is 26.4. The highest BCUT2D eigenvalue weighted by Gasteiger charge is 2.44. The molecule has 5 rings (SSSR count). The Kier molecular flexibility index (Phi) is 4.37. The van der Waals surface area contributed by atoms with E-state index in [2.05, 4.69) is 10.5 Å². The topological polar surface area (TPSA) is 94.5 Å². The molecule has 27 heavy (non-hydrogen) atoms. The zero-order valence-electron chi connectivity index (χ0n) is 14.9. The first-order valence-corrected chi connectivity index (χ1v) is 8.95. The second-order valence-electron chi connectivity index (χ2n) is 7.25. The number of ether oxygens (including phenoxy) is 1. The Morgan fingerprint density at radius 3 is 2.74 bits per heavy atom. The van der Waals surface area contributed by atoms with Crippen molar-refractivity contribution in [1.82, 2.24) is 5.32 Å². The molecule has 2 N–H and O–H groups in total. The molecule has 3 atom stereocenters. The molecule has 3 aliphatic heterocycles. The molecule has 0 radical (unpaired) electrons. The number of oxime groups is 1. The number of cyclic esters (lactones) is 1. The van der Waals surface area contributed by atoms with Crippen LogP contribution in [0.2, 0.25) is 0 Å². The molecule has 1 saturated carbocycles. The molecule has 4 aliphatic rings. The van der Waals surface area contributed by atoms with Gasteiger partial charge in [-0.15, -0.1) is 0 Å². The lowest BCUT2D eigenvalue weighted by Crippen LogP contribution is -2.56. The van der Waals surface area contributed by atoms with Gasteiger partial charge in [0.25, 0.3) is 0 Å². The van der Waals surface area contributed by atoms with E-state index >= 15 is 0 Å². The predicted octanol–water partition coefficient (Wildman–Crippen LogP) is 1.57. The lowest BCUT2D eigenvalue weighted by molar-refractivity contribution is -0.119. The molecule has 1 aromatic rings. The molecule has 2 amide bonds. The third-order valence-electron chi connectivity index (χ3n) is 5.44. The summed E-state index contributed by atoms with van der Waals surface area (Å²) in [6.45, 7) is 3.11. The van der Waals surface area contributed by atoms with Gasteiger partial charge < -0.3 is 20.2 Å². The first kappa shape index (κ1) is 17.6. The predicted molar refractivity (Wildman–Crippen MR) is 95.7 cm³/mol. The smallest absolute Gasteiger partial charge is 0.414 e. The molecule has 144 valence electrons. The van der Waals surface area contributed by atoms with Crippen molar-refractivity contribution in [3.63, 3.8) is 0 Å². The highest BCUT2D eigenvalue weighted by atomic mass is 19.1. The van der Waals surface area contributed by atoms with E-state index in [1.807, 2.05) is 4.90 Å². The van der Waals surface area contributed by atoms with Gasteiger partial charge in [-0.3, -0.25) is 9.69 Å². The normalized spacial score (nSPS) is 26.5. The van der Waals surface area contributed by atoms with Crippen LogP contribution in [0.5, 0.6) is 0 Å². The zero-order chi connectivity index (χ0) is 19.1. The average Bonchev–Trinajstić information content (AvgIpc) is 3.01. The van der Waals surface area contributed by atoms with Crippen LogP contribution in [0.3, 0.4) is 0 Å². The lowest BCUT2D eigenvalue weighted by atomic mass is 9.69. The number of hydrogen-bond donors (Lipinski definition) is 2. The average molecular weight is 376 g/mol. The van der Waals surface area contributed by atoms with Crippen molar-refractivity contribution in [2.45, 2.75) is 19.4 Å². The number of hydrogen-bond acceptors (Lipinski definition) is 6. The zero-order valence-corrected chi connectivity index (χ0v) is 14.9. The number of anilines is 2. The summed E-state index contributed by atoms with van der Waals surface area (Å²) < 4.78 is 19.9. The van der Waals surface area contributed by atoms with Crippen LogP contribution in [0.15, 0.2) is 23.4 Å². The number of carbonyl (C=O) groups excluding carboxylic acids is 2. The third-order valence-corrected chi connectivity index (χ3v) is 5.44. The fourth-order valence-corrected chi connectivity index (χ4v) is 4.08. The number of benzene rings is 1. The van der Waals surface area contributed by atoms with E-state index in [0.29, 0.717) is 24.5 Å². The largest absolute Gasteiger partial charge is 0.442 e. The molecule has 4 fully saturated rings. The quantitative estimate of drug-likeness (QED) is 0.615. The van der Waals surface area contributed by atoms with E-state index < -0.39 is 18.0 Å². The Labute approximate surface area is 155 Å². The van der Waals surface area contributed by atoms with E-state index in [9.17, 15) is 14.0 Å². The maximum Gasteiger partial charge on any atom is 0.414 e. The molecule has 1 aromatic carbocycles. The number of nitrogens with one attached hydrogen (secondary N) is 1. The number of carbonyl (C=O) groups is 2. The number of amides is 2. The summed E-state index contributed by atoms with van der Waals surface area (Å²) in [7, 11) is 0. The van der Waals surface area contributed by atoms with Crippen molar-refractivity contribution >= 4 is 29.1 Å². The van der Waals surface area contributed by atoms with Gasteiger partial charge in [0.1, 0.15) is 11.9 Å². The Balaban J connectivity index is 1.45. The summed E-state index contributed by atoms with van der Waals surface area (Å²) in [6.07, 6.45) is -0.0414. The number of nitrogens with zero attached hydrogens (tertiary/aromatic N) is 3. The second-order valence-corrected chi connectivity index (χ2v) is 7.25. The van der Waals surface area contributed by atoms with E-state index in [-0.39, 0.29) is 30.8 Å². The fraction of sp³-hybridized carbons (Fsp3) is 0.500. The van der Waals surface area contributed by atoms with Gasteiger partial charge in [0.15, 0.2) is 0 Å². The van der Waals surface area contributed by atoms with Crippen molar-refractivity contribution in [1.29, 1.82) is 0 Å². The maximum absolute atomic E-state index is 14.7. The van der Waals surface area contributed by atoms with Gasteiger partial charge in [-0.05, 0) is 24.6 Å². The fourth-order valence-electron chi connectivity index (χ4n) is 4.08. The molecule has 1 aliphatic carbocycles. The molecule has 3 unspecified atom stereocenters. The number of halogens is 1. The lowest BCUT2D eigenvalue weighted by Gasteiger charge is -2.48. The summed E-state index contributed by atoms with van der Waals surface area (Å²) in [5.74, 6) is -0.255. The van der Waals surface area contributed by atoms with Crippen molar-refractivity contribution in [2.24, 2.45) is 17.0 Å². The van der Waals surface area contributed by atoms with E-state index in [0.717, 1.165) is 12.1 Å². The first-order valence-electron chi connectivity index (χ1n) is 8.95. The third kappa shape index (κ3) is 3.17. The van der Waals surface area contributed by atoms with Gasteiger partial charge in [-0.2, -0.15) is 0 Å². The van der Waals surface area contributed by atoms with E-state index in [1.54, 1.807) is 12.1 Å². The molecule has 0 spiro atoms. The second kappa shape index (κ2) is 6.71. The molecule has 2 bridgehead atoms. The SMILES string of the molecule is CC(=O)NCC1CN(c2ccc(N3CC4CC(C3)C4=NO)c(F)c2)C(=O)O1. The minimum atomic E-state index is -0.555. The van der Waals surface area contributed by atoms with E-state index in [4.69, 9.17) is 9.94 Å². The number of rotatable bonds is 4. The maximum atomic E-state index is 14.7. The minimum Gasteiger partial charge on any atom is -0.442 e. The Bertz CT molecular complexity index is 801. The molecule has 8 nitrogen and oxygen atoms in total. The van der Waals surface area contributed by atoms with Crippen LogP contribution in [0.25, 0.3) is 0 Å². The summed E-state index contributed by atoms with van der Waals surface area (Å²) in [5, 5.41) is 15.0. The Morgan fingerprint density at radius 2 is 2.11 bits per heavy atom. The molecule has 3 saturated heterocycles. The van der Waals surface area contributed by atoms with Crippen LogP contribution in [0, 0.1) is 17.7 Å². The number of piperidine rings is 2. The summed E-state index contributed by atoms with van der Waals surface area (Å²) >= 11 is 0. The molecule has 9 heteroatoms. The van der Waals surface area contributed by atoms with Crippen LogP contribution < -0.4 is 15.1 Å². The van der Waals surface area contributed by atoms with Gasteiger partial charge in [-0.25, -0.2) is 9.18 Å². The van der Waals surface area contributed by atoms with Crippen molar-refractivity contribution < 1.29 is 23.9 Å². The van der Waals surface area contributed by atoms with Crippen molar-refractivity contribution in [3.8, 4) is 0 Å². The molecule has 3 heterocycles. The van der Waals surface area contributed by atoms with Crippen LogP contribution >= 0.6 is 0 Å². The first-order chi connectivity index (χ1) is 13.0. The van der Waals surface area contributed by atoms with Crippen LogP contribution in [-0.2, 0) is 9.53 Å². The highest BCUT2D eigenvalue weighted by molar-refractivity contribution is 5.96. The number of fused-ring (bicyclic) bond motifs is 2. The van der Waals surface area contributed by atoms with Crippen LogP contribution in [0.1, 0.15) is 13.3 Å². The van der Waals surface area contributed by atoms with Crippen LogP contribution in [0.4, 0.5) is 20.6 Å². The highest BCUT2D eigenvalue weighted by Crippen LogP contribution is 2.40. The summed E-state index contributed by atoms with van der Waals surface area (Å²) in [5.41, 5.74) is 1.72. The molecule has 0 aromatic heterocycles. The molecular formula is C18H21FN4O4. The van der Waals surface area contributed by atoms with Crippen molar-refractivity contribution in [3.05, 3.63) is 24.0 Å². The van der Waals surface area contributed by atoms with Gasteiger partial charge in [0, 0.05) is 31.8 Å². The van der Waals surface area contributed by atoms with Gasteiger partial charge >= 0.3 is 6.09 Å².